The first-order chi connectivity index (χ1) is 9.72. The van der Waals surface area contributed by atoms with Gasteiger partial charge in [0, 0.05) is 6.04 Å². The molecule has 1 aromatic rings. The third-order valence-electron chi connectivity index (χ3n) is 4.22. The minimum absolute atomic E-state index is 0.261. The second-order valence-corrected chi connectivity index (χ2v) is 5.86. The first-order valence-electron chi connectivity index (χ1n) is 7.78. The standard InChI is InChI=1S/C17H26FNO/c1-3-9-19-15(10-13-5-4-6-13)11-14-7-8-17(20-2)16(18)12-14/h7-8,12-13,15,19H,3-6,9-11H2,1-2H3. The maximum absolute atomic E-state index is 13.7. The van der Waals surface area contributed by atoms with Crippen molar-refractivity contribution in [2.45, 2.75) is 51.5 Å². The Hall–Kier alpha value is -1.09. The third-order valence-corrected chi connectivity index (χ3v) is 4.22. The van der Waals surface area contributed by atoms with Crippen molar-refractivity contribution in [3.05, 3.63) is 29.6 Å². The maximum atomic E-state index is 13.7. The Morgan fingerprint density at radius 2 is 2.20 bits per heavy atom. The number of hydrogen-bond donors (Lipinski definition) is 1. The lowest BCUT2D eigenvalue weighted by Crippen LogP contribution is -2.35. The zero-order valence-corrected chi connectivity index (χ0v) is 12.6. The zero-order chi connectivity index (χ0) is 14.4. The van der Waals surface area contributed by atoms with Gasteiger partial charge in [-0.05, 0) is 49.4 Å². The Labute approximate surface area is 121 Å². The molecule has 0 aliphatic heterocycles. The first kappa shape index (κ1) is 15.3. The SMILES string of the molecule is CCCNC(Cc1ccc(OC)c(F)c1)CC1CCC1. The molecule has 2 nitrogen and oxygen atoms in total. The van der Waals surface area contributed by atoms with Crippen LogP contribution in [0, 0.1) is 11.7 Å². The molecule has 2 rings (SSSR count). The molecule has 1 N–H and O–H groups in total. The molecule has 3 heteroatoms. The minimum atomic E-state index is -0.261. The van der Waals surface area contributed by atoms with Crippen LogP contribution in [0.2, 0.25) is 0 Å². The van der Waals surface area contributed by atoms with Crippen LogP contribution in [0.3, 0.4) is 0 Å². The third kappa shape index (κ3) is 4.20. The summed E-state index contributed by atoms with van der Waals surface area (Å²) in [6, 6.07) is 5.78. The van der Waals surface area contributed by atoms with Crippen molar-refractivity contribution in [1.82, 2.24) is 5.32 Å². The Kier molecular flexibility index (Phi) is 5.84. The van der Waals surface area contributed by atoms with Gasteiger partial charge in [-0.2, -0.15) is 0 Å². The van der Waals surface area contributed by atoms with E-state index in [2.05, 4.69) is 12.2 Å². The van der Waals surface area contributed by atoms with E-state index in [1.165, 1.54) is 32.8 Å². The van der Waals surface area contributed by atoms with E-state index in [4.69, 9.17) is 4.74 Å². The molecule has 0 amide bonds. The van der Waals surface area contributed by atoms with Crippen molar-refractivity contribution in [3.63, 3.8) is 0 Å². The van der Waals surface area contributed by atoms with Crippen molar-refractivity contribution in [2.24, 2.45) is 5.92 Å². The number of nitrogens with one attached hydrogen (secondary N) is 1. The highest BCUT2D eigenvalue weighted by atomic mass is 19.1. The van der Waals surface area contributed by atoms with E-state index in [0.29, 0.717) is 11.8 Å². The van der Waals surface area contributed by atoms with Gasteiger partial charge in [0.15, 0.2) is 11.6 Å². The summed E-state index contributed by atoms with van der Waals surface area (Å²) in [5.41, 5.74) is 1.05. The van der Waals surface area contributed by atoms with E-state index in [9.17, 15) is 4.39 Å². The lowest BCUT2D eigenvalue weighted by Gasteiger charge is -2.30. The van der Waals surface area contributed by atoms with Crippen LogP contribution in [0.25, 0.3) is 0 Å². The second kappa shape index (κ2) is 7.63. The van der Waals surface area contributed by atoms with Crippen LogP contribution in [-0.2, 0) is 6.42 Å². The Morgan fingerprint density at radius 1 is 1.40 bits per heavy atom. The van der Waals surface area contributed by atoms with Gasteiger partial charge in [-0.1, -0.05) is 32.3 Å². The molecular weight excluding hydrogens is 253 g/mol. The molecule has 0 aromatic heterocycles. The van der Waals surface area contributed by atoms with Gasteiger partial charge in [-0.3, -0.25) is 0 Å². The summed E-state index contributed by atoms with van der Waals surface area (Å²) < 4.78 is 18.7. The molecular formula is C17H26FNO. The highest BCUT2D eigenvalue weighted by Crippen LogP contribution is 2.31. The van der Waals surface area contributed by atoms with Gasteiger partial charge in [0.05, 0.1) is 7.11 Å². The fourth-order valence-electron chi connectivity index (χ4n) is 2.84. The molecule has 1 aliphatic rings. The molecule has 0 heterocycles. The molecule has 20 heavy (non-hydrogen) atoms. The van der Waals surface area contributed by atoms with Crippen LogP contribution in [-0.4, -0.2) is 19.7 Å². The molecule has 1 fully saturated rings. The van der Waals surface area contributed by atoms with Crippen LogP contribution in [0.4, 0.5) is 4.39 Å². The maximum Gasteiger partial charge on any atom is 0.165 e. The molecule has 1 atom stereocenters. The molecule has 1 aromatic carbocycles. The molecule has 1 saturated carbocycles. The predicted octanol–water partition coefficient (Wildman–Crippen LogP) is 3.94. The highest BCUT2D eigenvalue weighted by Gasteiger charge is 2.22. The molecule has 0 radical (unpaired) electrons. The Balaban J connectivity index is 1.95. The summed E-state index contributed by atoms with van der Waals surface area (Å²) in [5, 5.41) is 3.61. The fraction of sp³-hybridized carbons (Fsp3) is 0.647. The number of rotatable bonds is 8. The lowest BCUT2D eigenvalue weighted by atomic mass is 9.80. The Bertz CT molecular complexity index is 417. The summed E-state index contributed by atoms with van der Waals surface area (Å²) in [7, 11) is 1.50. The van der Waals surface area contributed by atoms with Gasteiger partial charge >= 0.3 is 0 Å². The van der Waals surface area contributed by atoms with E-state index in [-0.39, 0.29) is 5.82 Å². The van der Waals surface area contributed by atoms with Gasteiger partial charge in [0.25, 0.3) is 0 Å². The van der Waals surface area contributed by atoms with Gasteiger partial charge in [-0.15, -0.1) is 0 Å². The zero-order valence-electron chi connectivity index (χ0n) is 12.6. The summed E-state index contributed by atoms with van der Waals surface area (Å²) in [6.45, 7) is 3.22. The number of benzene rings is 1. The Morgan fingerprint density at radius 3 is 2.75 bits per heavy atom. The highest BCUT2D eigenvalue weighted by molar-refractivity contribution is 5.29. The van der Waals surface area contributed by atoms with Crippen molar-refractivity contribution in [1.29, 1.82) is 0 Å². The minimum Gasteiger partial charge on any atom is -0.494 e. The van der Waals surface area contributed by atoms with Crippen LogP contribution < -0.4 is 10.1 Å². The molecule has 0 spiro atoms. The average Bonchev–Trinajstić information content (AvgIpc) is 2.40. The van der Waals surface area contributed by atoms with Crippen LogP contribution >= 0.6 is 0 Å². The first-order valence-corrected chi connectivity index (χ1v) is 7.78. The number of ether oxygens (including phenoxy) is 1. The van der Waals surface area contributed by atoms with E-state index >= 15 is 0 Å². The normalized spacial score (nSPS) is 16.8. The van der Waals surface area contributed by atoms with Crippen LogP contribution in [0.5, 0.6) is 5.75 Å². The van der Waals surface area contributed by atoms with Gasteiger partial charge in [-0.25, -0.2) is 4.39 Å². The largest absolute Gasteiger partial charge is 0.494 e. The number of methoxy groups -OCH3 is 1. The van der Waals surface area contributed by atoms with Crippen molar-refractivity contribution in [3.8, 4) is 5.75 Å². The topological polar surface area (TPSA) is 21.3 Å². The molecule has 0 saturated heterocycles. The second-order valence-electron chi connectivity index (χ2n) is 5.86. The van der Waals surface area contributed by atoms with Gasteiger partial charge in [0.2, 0.25) is 0 Å². The molecule has 0 bridgehead atoms. The number of halogens is 1. The lowest BCUT2D eigenvalue weighted by molar-refractivity contribution is 0.259. The van der Waals surface area contributed by atoms with Crippen LogP contribution in [0.1, 0.15) is 44.6 Å². The summed E-state index contributed by atoms with van der Waals surface area (Å²) in [5.74, 6) is 0.932. The smallest absolute Gasteiger partial charge is 0.165 e. The number of hydrogen-bond acceptors (Lipinski definition) is 2. The summed E-state index contributed by atoms with van der Waals surface area (Å²) in [4.78, 5) is 0. The summed E-state index contributed by atoms with van der Waals surface area (Å²) in [6.07, 6.45) is 7.36. The van der Waals surface area contributed by atoms with Crippen LogP contribution in [0.15, 0.2) is 18.2 Å². The van der Waals surface area contributed by atoms with Crippen molar-refractivity contribution in [2.75, 3.05) is 13.7 Å². The summed E-state index contributed by atoms with van der Waals surface area (Å²) >= 11 is 0. The molecule has 112 valence electrons. The van der Waals surface area contributed by atoms with Gasteiger partial charge < -0.3 is 10.1 Å². The van der Waals surface area contributed by atoms with Gasteiger partial charge in [0.1, 0.15) is 0 Å². The fourth-order valence-corrected chi connectivity index (χ4v) is 2.84. The quantitative estimate of drug-likeness (QED) is 0.778. The molecule has 1 aliphatic carbocycles. The van der Waals surface area contributed by atoms with E-state index in [1.807, 2.05) is 6.07 Å². The monoisotopic (exact) mass is 279 g/mol. The van der Waals surface area contributed by atoms with E-state index in [0.717, 1.165) is 30.9 Å². The average molecular weight is 279 g/mol. The van der Waals surface area contributed by atoms with Crippen molar-refractivity contribution < 1.29 is 9.13 Å². The van der Waals surface area contributed by atoms with E-state index in [1.54, 1.807) is 12.1 Å². The molecule has 1 unspecified atom stereocenters. The van der Waals surface area contributed by atoms with E-state index < -0.39 is 0 Å². The van der Waals surface area contributed by atoms with Crippen molar-refractivity contribution >= 4 is 0 Å². The predicted molar refractivity (Wildman–Crippen MR) is 80.7 cm³/mol.